The summed E-state index contributed by atoms with van der Waals surface area (Å²) < 4.78 is 27.9. The summed E-state index contributed by atoms with van der Waals surface area (Å²) in [5.74, 6) is 2.77. The molecule has 0 aliphatic carbocycles. The highest BCUT2D eigenvalue weighted by atomic mass is 16.7. The van der Waals surface area contributed by atoms with E-state index in [1.807, 2.05) is 0 Å². The molecule has 170 valence electrons. The molecule has 0 saturated heterocycles. The van der Waals surface area contributed by atoms with Gasteiger partial charge < -0.3 is 28.5 Å². The fraction of sp³-hybridized carbons (Fsp3) is 0.273. The lowest BCUT2D eigenvalue weighted by Gasteiger charge is -2.09. The maximum Gasteiger partial charge on any atom is 0.328 e. The molecule has 0 fully saturated rings. The summed E-state index contributed by atoms with van der Waals surface area (Å²) in [6.07, 6.45) is 0.820. The van der Waals surface area contributed by atoms with Crippen LogP contribution in [0.1, 0.15) is 12.3 Å². The Balaban J connectivity index is 1.34. The predicted molar refractivity (Wildman–Crippen MR) is 116 cm³/mol. The van der Waals surface area contributed by atoms with E-state index in [0.717, 1.165) is 4.57 Å². The van der Waals surface area contributed by atoms with E-state index in [1.54, 1.807) is 37.4 Å². The number of aromatic amines is 1. The van der Waals surface area contributed by atoms with Crippen molar-refractivity contribution in [1.82, 2.24) is 19.7 Å². The van der Waals surface area contributed by atoms with Crippen molar-refractivity contribution >= 4 is 10.9 Å². The second kappa shape index (κ2) is 8.34. The van der Waals surface area contributed by atoms with Crippen LogP contribution in [-0.2, 0) is 13.0 Å². The molecule has 0 atom stereocenters. The number of ether oxygens (including phenoxy) is 4. The number of rotatable bonds is 7. The topological polar surface area (TPSA) is 131 Å². The lowest BCUT2D eigenvalue weighted by molar-refractivity contribution is 0.174. The zero-order chi connectivity index (χ0) is 22.9. The third-order valence-electron chi connectivity index (χ3n) is 5.36. The van der Waals surface area contributed by atoms with Crippen molar-refractivity contribution in [2.24, 2.45) is 0 Å². The first-order valence-corrected chi connectivity index (χ1v) is 10.2. The fourth-order valence-electron chi connectivity index (χ4n) is 3.76. The van der Waals surface area contributed by atoms with Crippen LogP contribution in [0.4, 0.5) is 0 Å². The SMILES string of the molecule is COc1cccc(-c2noc(CCCn3c(=O)[nH]c4cc5c(cc4c3=O)OCO5)n2)c1OC. The van der Waals surface area contributed by atoms with Crippen LogP contribution < -0.4 is 30.2 Å². The maximum atomic E-state index is 12.9. The van der Waals surface area contributed by atoms with Gasteiger partial charge in [-0.05, 0) is 24.6 Å². The van der Waals surface area contributed by atoms with Crippen molar-refractivity contribution in [3.63, 3.8) is 0 Å². The minimum Gasteiger partial charge on any atom is -0.493 e. The van der Waals surface area contributed by atoms with E-state index in [9.17, 15) is 9.59 Å². The second-order valence-electron chi connectivity index (χ2n) is 7.29. The van der Waals surface area contributed by atoms with Gasteiger partial charge in [0.15, 0.2) is 23.0 Å². The Labute approximate surface area is 186 Å². The molecule has 11 heteroatoms. The van der Waals surface area contributed by atoms with Gasteiger partial charge in [-0.1, -0.05) is 11.2 Å². The van der Waals surface area contributed by atoms with Crippen LogP contribution in [0.3, 0.4) is 0 Å². The van der Waals surface area contributed by atoms with Gasteiger partial charge in [-0.15, -0.1) is 0 Å². The fourth-order valence-corrected chi connectivity index (χ4v) is 3.76. The maximum absolute atomic E-state index is 12.9. The Kier molecular flexibility index (Phi) is 5.21. The van der Waals surface area contributed by atoms with Gasteiger partial charge in [-0.25, -0.2) is 4.79 Å². The highest BCUT2D eigenvalue weighted by Crippen LogP contribution is 2.36. The average Bonchev–Trinajstić information content (AvgIpc) is 3.48. The summed E-state index contributed by atoms with van der Waals surface area (Å²) in [6, 6.07) is 8.55. The van der Waals surface area contributed by atoms with E-state index in [4.69, 9.17) is 23.5 Å². The molecule has 2 aromatic carbocycles. The van der Waals surface area contributed by atoms with Crippen molar-refractivity contribution in [2.75, 3.05) is 21.0 Å². The minimum absolute atomic E-state index is 0.0812. The van der Waals surface area contributed by atoms with Gasteiger partial charge in [0.25, 0.3) is 5.56 Å². The third kappa shape index (κ3) is 3.67. The van der Waals surface area contributed by atoms with Crippen molar-refractivity contribution in [3.05, 3.63) is 57.1 Å². The highest BCUT2D eigenvalue weighted by Gasteiger charge is 2.19. The van der Waals surface area contributed by atoms with E-state index < -0.39 is 11.2 Å². The van der Waals surface area contributed by atoms with Gasteiger partial charge >= 0.3 is 5.69 Å². The monoisotopic (exact) mass is 452 g/mol. The van der Waals surface area contributed by atoms with E-state index in [1.165, 1.54) is 7.11 Å². The third-order valence-corrected chi connectivity index (χ3v) is 5.36. The van der Waals surface area contributed by atoms with Gasteiger partial charge in [0, 0.05) is 19.0 Å². The standard InChI is InChI=1S/C22H20N4O7/c1-29-15-6-3-5-12(19(15)30-2)20-24-18(33-25-20)7-4-8-26-21(27)13-9-16-17(32-11-31-16)10-14(13)23-22(26)28/h3,5-6,9-10H,4,7-8,11H2,1-2H3,(H,23,28). The summed E-state index contributed by atoms with van der Waals surface area (Å²) in [7, 11) is 3.09. The molecule has 1 N–H and O–H groups in total. The van der Waals surface area contributed by atoms with Crippen molar-refractivity contribution in [2.45, 2.75) is 19.4 Å². The molecule has 5 rings (SSSR count). The Morgan fingerprint density at radius 3 is 2.73 bits per heavy atom. The van der Waals surface area contributed by atoms with Crippen LogP contribution >= 0.6 is 0 Å². The molecule has 4 aromatic rings. The summed E-state index contributed by atoms with van der Waals surface area (Å²) in [4.78, 5) is 32.5. The Hall–Kier alpha value is -4.28. The summed E-state index contributed by atoms with van der Waals surface area (Å²) in [5.41, 5.74) is 0.130. The number of hydrogen-bond donors (Lipinski definition) is 1. The number of nitrogens with one attached hydrogen (secondary N) is 1. The molecule has 0 amide bonds. The number of H-pyrrole nitrogens is 1. The van der Waals surface area contributed by atoms with Gasteiger partial charge in [-0.3, -0.25) is 9.36 Å². The quantitative estimate of drug-likeness (QED) is 0.448. The molecule has 0 spiro atoms. The van der Waals surface area contributed by atoms with Gasteiger partial charge in [-0.2, -0.15) is 4.98 Å². The zero-order valence-electron chi connectivity index (χ0n) is 17.9. The molecular formula is C22H20N4O7. The molecule has 2 aromatic heterocycles. The van der Waals surface area contributed by atoms with E-state index in [2.05, 4.69) is 15.1 Å². The molecule has 1 aliphatic rings. The molecule has 0 radical (unpaired) electrons. The van der Waals surface area contributed by atoms with Crippen LogP contribution in [0, 0.1) is 0 Å². The lowest BCUT2D eigenvalue weighted by atomic mass is 10.1. The molecule has 1 aliphatic heterocycles. The van der Waals surface area contributed by atoms with E-state index >= 15 is 0 Å². The summed E-state index contributed by atoms with van der Waals surface area (Å²) in [6.45, 7) is 0.261. The molecule has 3 heterocycles. The normalized spacial score (nSPS) is 12.3. The Morgan fingerprint density at radius 2 is 1.94 bits per heavy atom. The van der Waals surface area contributed by atoms with Gasteiger partial charge in [0.2, 0.25) is 18.5 Å². The molecular weight excluding hydrogens is 432 g/mol. The molecule has 0 saturated carbocycles. The average molecular weight is 452 g/mol. The van der Waals surface area contributed by atoms with E-state index in [-0.39, 0.29) is 13.3 Å². The number of methoxy groups -OCH3 is 2. The number of hydrogen-bond acceptors (Lipinski definition) is 9. The number of aromatic nitrogens is 4. The van der Waals surface area contributed by atoms with Crippen LogP contribution in [-0.4, -0.2) is 40.7 Å². The number of nitrogens with zero attached hydrogens (tertiary/aromatic N) is 3. The lowest BCUT2D eigenvalue weighted by Crippen LogP contribution is -2.35. The molecule has 33 heavy (non-hydrogen) atoms. The predicted octanol–water partition coefficient (Wildman–Crippen LogP) is 2.12. The largest absolute Gasteiger partial charge is 0.493 e. The smallest absolute Gasteiger partial charge is 0.328 e. The summed E-state index contributed by atoms with van der Waals surface area (Å²) >= 11 is 0. The van der Waals surface area contributed by atoms with Crippen LogP contribution in [0.5, 0.6) is 23.0 Å². The molecule has 0 unspecified atom stereocenters. The first kappa shape index (κ1) is 20.6. The first-order chi connectivity index (χ1) is 16.1. The molecule has 11 nitrogen and oxygen atoms in total. The van der Waals surface area contributed by atoms with Crippen molar-refractivity contribution < 1.29 is 23.5 Å². The number of aryl methyl sites for hydroxylation is 1. The van der Waals surface area contributed by atoms with Crippen LogP contribution in [0.2, 0.25) is 0 Å². The Bertz CT molecular complexity index is 1450. The zero-order valence-corrected chi connectivity index (χ0v) is 17.9. The van der Waals surface area contributed by atoms with Gasteiger partial charge in [0.05, 0.1) is 30.7 Å². The van der Waals surface area contributed by atoms with Crippen LogP contribution in [0.25, 0.3) is 22.3 Å². The highest BCUT2D eigenvalue weighted by molar-refractivity contribution is 5.81. The van der Waals surface area contributed by atoms with E-state index in [0.29, 0.717) is 64.0 Å². The second-order valence-corrected chi connectivity index (χ2v) is 7.29. The number of para-hydroxylation sites is 1. The van der Waals surface area contributed by atoms with Crippen molar-refractivity contribution in [1.29, 1.82) is 0 Å². The van der Waals surface area contributed by atoms with Gasteiger partial charge in [0.1, 0.15) is 0 Å². The summed E-state index contributed by atoms with van der Waals surface area (Å²) in [5, 5.41) is 4.37. The number of benzene rings is 2. The minimum atomic E-state index is -0.501. The number of fused-ring (bicyclic) bond motifs is 2. The molecule has 0 bridgehead atoms. The first-order valence-electron chi connectivity index (χ1n) is 10.2. The Morgan fingerprint density at radius 1 is 1.12 bits per heavy atom. The van der Waals surface area contributed by atoms with Crippen molar-refractivity contribution in [3.8, 4) is 34.4 Å². The van der Waals surface area contributed by atoms with Crippen LogP contribution in [0.15, 0.2) is 44.4 Å².